The number of aliphatic imine (C=N–C) groups is 1. The van der Waals surface area contributed by atoms with Crippen LogP contribution in [0.5, 0.6) is 0 Å². The van der Waals surface area contributed by atoms with Crippen molar-refractivity contribution in [3.8, 4) is 0 Å². The summed E-state index contributed by atoms with van der Waals surface area (Å²) >= 11 is 3.85. The average molecular weight is 454 g/mol. The molecule has 1 aliphatic heterocycles. The predicted octanol–water partition coefficient (Wildman–Crippen LogP) is 3.32. The smallest absolute Gasteiger partial charge is 0.193 e. The molecule has 0 atom stereocenters. The summed E-state index contributed by atoms with van der Waals surface area (Å²) in [5.41, 5.74) is 1.17. The van der Waals surface area contributed by atoms with Gasteiger partial charge in [0.2, 0.25) is 0 Å². The number of nitrogens with one attached hydrogen (secondary N) is 1. The average Bonchev–Trinajstić information content (AvgIpc) is 2.72. The number of hydrogen-bond donors (Lipinski definition) is 1. The van der Waals surface area contributed by atoms with Crippen molar-refractivity contribution < 1.29 is 0 Å². The Labute approximate surface area is 159 Å². The second-order valence-corrected chi connectivity index (χ2v) is 9.09. The Bertz CT molecular complexity index is 514. The van der Waals surface area contributed by atoms with Crippen LogP contribution in [0.15, 0.2) is 4.99 Å². The van der Waals surface area contributed by atoms with Gasteiger partial charge in [-0.1, -0.05) is 0 Å². The molecule has 7 heteroatoms. The number of rotatable bonds is 3. The zero-order chi connectivity index (χ0) is 15.5. The Kier molecular flexibility index (Phi) is 7.94. The van der Waals surface area contributed by atoms with E-state index in [-0.39, 0.29) is 24.0 Å². The number of halogens is 1. The van der Waals surface area contributed by atoms with Gasteiger partial charge in [-0.3, -0.25) is 4.99 Å². The second kappa shape index (κ2) is 8.73. The number of nitrogens with zero attached hydrogens (tertiary/aromatic N) is 3. The maximum Gasteiger partial charge on any atom is 0.193 e. The van der Waals surface area contributed by atoms with E-state index >= 15 is 0 Å². The molecule has 126 valence electrons. The monoisotopic (exact) mass is 454 g/mol. The molecule has 1 aliphatic rings. The van der Waals surface area contributed by atoms with Crippen molar-refractivity contribution in [2.45, 2.75) is 38.9 Å². The van der Waals surface area contributed by atoms with Crippen molar-refractivity contribution in [3.63, 3.8) is 0 Å². The fourth-order valence-corrected chi connectivity index (χ4v) is 4.67. The Balaban J connectivity index is 0.00000242. The SMILES string of the molecule is CN=C(NCCc1sc(C)nc1C)N1CCSC(C)(C)C1.I. The van der Waals surface area contributed by atoms with Crippen LogP contribution in [0.4, 0.5) is 0 Å². The lowest BCUT2D eigenvalue weighted by molar-refractivity contribution is 0.376. The maximum absolute atomic E-state index is 4.49. The van der Waals surface area contributed by atoms with Crippen molar-refractivity contribution in [3.05, 3.63) is 15.6 Å². The van der Waals surface area contributed by atoms with Crippen LogP contribution in [-0.4, -0.2) is 53.0 Å². The third-order valence-corrected chi connectivity index (χ3v) is 6.00. The first-order valence-corrected chi connectivity index (χ1v) is 9.24. The van der Waals surface area contributed by atoms with Crippen LogP contribution in [0.3, 0.4) is 0 Å². The predicted molar refractivity (Wildman–Crippen MR) is 110 cm³/mol. The highest BCUT2D eigenvalue weighted by Gasteiger charge is 2.28. The fourth-order valence-electron chi connectivity index (χ4n) is 2.62. The van der Waals surface area contributed by atoms with Crippen molar-refractivity contribution >= 4 is 53.0 Å². The van der Waals surface area contributed by atoms with Crippen molar-refractivity contribution in [1.29, 1.82) is 0 Å². The van der Waals surface area contributed by atoms with Crippen LogP contribution in [0.2, 0.25) is 0 Å². The Hall–Kier alpha value is -0.0200. The maximum atomic E-state index is 4.49. The van der Waals surface area contributed by atoms with Crippen molar-refractivity contribution in [1.82, 2.24) is 15.2 Å². The Morgan fingerprint density at radius 2 is 2.14 bits per heavy atom. The van der Waals surface area contributed by atoms with Crippen LogP contribution in [-0.2, 0) is 6.42 Å². The molecular weight excluding hydrogens is 427 g/mol. The summed E-state index contributed by atoms with van der Waals surface area (Å²) in [4.78, 5) is 12.7. The lowest BCUT2D eigenvalue weighted by Crippen LogP contribution is -2.51. The molecule has 0 spiro atoms. The molecule has 0 amide bonds. The molecule has 2 heterocycles. The van der Waals surface area contributed by atoms with Crippen LogP contribution in [0.1, 0.15) is 29.4 Å². The zero-order valence-corrected chi connectivity index (χ0v) is 18.1. The molecule has 0 radical (unpaired) electrons. The van der Waals surface area contributed by atoms with Gasteiger partial charge in [0.25, 0.3) is 0 Å². The molecule has 2 rings (SSSR count). The van der Waals surface area contributed by atoms with E-state index in [2.05, 4.69) is 47.9 Å². The van der Waals surface area contributed by atoms with Gasteiger partial charge in [-0.15, -0.1) is 35.3 Å². The number of hydrogen-bond acceptors (Lipinski definition) is 4. The molecule has 1 aromatic rings. The molecule has 0 saturated carbocycles. The first-order chi connectivity index (χ1) is 9.91. The normalized spacial score (nSPS) is 18.0. The van der Waals surface area contributed by atoms with Gasteiger partial charge in [0.15, 0.2) is 5.96 Å². The quantitative estimate of drug-likeness (QED) is 0.432. The zero-order valence-electron chi connectivity index (χ0n) is 14.1. The molecule has 1 N–H and O–H groups in total. The number of thiazole rings is 1. The largest absolute Gasteiger partial charge is 0.356 e. The lowest BCUT2D eigenvalue weighted by Gasteiger charge is -2.39. The topological polar surface area (TPSA) is 40.5 Å². The van der Waals surface area contributed by atoms with Crippen LogP contribution < -0.4 is 5.32 Å². The Morgan fingerprint density at radius 1 is 1.41 bits per heavy atom. The summed E-state index contributed by atoms with van der Waals surface area (Å²) in [7, 11) is 1.87. The van der Waals surface area contributed by atoms with Gasteiger partial charge in [0.05, 0.1) is 10.7 Å². The van der Waals surface area contributed by atoms with Gasteiger partial charge in [-0.05, 0) is 27.7 Å². The van der Waals surface area contributed by atoms with E-state index in [1.165, 1.54) is 16.3 Å². The highest BCUT2D eigenvalue weighted by atomic mass is 127. The minimum atomic E-state index is 0. The molecule has 0 bridgehead atoms. The van der Waals surface area contributed by atoms with Gasteiger partial charge in [0.1, 0.15) is 0 Å². The van der Waals surface area contributed by atoms with E-state index in [4.69, 9.17) is 0 Å². The van der Waals surface area contributed by atoms with Crippen molar-refractivity contribution in [2.24, 2.45) is 4.99 Å². The summed E-state index contributed by atoms with van der Waals surface area (Å²) in [5.74, 6) is 2.20. The molecule has 0 aromatic carbocycles. The van der Waals surface area contributed by atoms with Gasteiger partial charge in [0, 0.05) is 48.5 Å². The minimum Gasteiger partial charge on any atom is -0.356 e. The molecule has 0 unspecified atom stereocenters. The summed E-state index contributed by atoms with van der Waals surface area (Å²) in [6.07, 6.45) is 1.02. The van der Waals surface area contributed by atoms with Crippen LogP contribution in [0, 0.1) is 13.8 Å². The summed E-state index contributed by atoms with van der Waals surface area (Å²) in [6, 6.07) is 0. The van der Waals surface area contributed by atoms with Gasteiger partial charge in [-0.25, -0.2) is 4.98 Å². The van der Waals surface area contributed by atoms with E-state index < -0.39 is 0 Å². The van der Waals surface area contributed by atoms with Crippen LogP contribution in [0.25, 0.3) is 0 Å². The molecule has 1 aromatic heterocycles. The molecular formula is C15H27IN4S2. The van der Waals surface area contributed by atoms with E-state index in [1.54, 1.807) is 11.3 Å². The molecule has 22 heavy (non-hydrogen) atoms. The Morgan fingerprint density at radius 3 is 2.68 bits per heavy atom. The molecule has 4 nitrogen and oxygen atoms in total. The third-order valence-electron chi connectivity index (χ3n) is 3.57. The highest BCUT2D eigenvalue weighted by Crippen LogP contribution is 2.29. The number of guanidine groups is 1. The van der Waals surface area contributed by atoms with Crippen LogP contribution >= 0.6 is 47.1 Å². The van der Waals surface area contributed by atoms with E-state index in [0.29, 0.717) is 4.75 Å². The molecule has 1 saturated heterocycles. The first kappa shape index (κ1) is 20.0. The van der Waals surface area contributed by atoms with Gasteiger partial charge >= 0.3 is 0 Å². The van der Waals surface area contributed by atoms with E-state index in [9.17, 15) is 0 Å². The lowest BCUT2D eigenvalue weighted by atomic mass is 10.2. The number of aryl methyl sites for hydroxylation is 2. The highest BCUT2D eigenvalue weighted by molar-refractivity contribution is 14.0. The third kappa shape index (κ3) is 5.56. The molecule has 1 fully saturated rings. The number of aromatic nitrogens is 1. The number of thioether (sulfide) groups is 1. The fraction of sp³-hybridized carbons (Fsp3) is 0.733. The standard InChI is InChI=1S/C15H26N4S2.HI/c1-11-13(21-12(2)18-11)6-7-17-14(16-5)19-8-9-20-15(3,4)10-19;/h6-10H2,1-5H3,(H,16,17);1H. The van der Waals surface area contributed by atoms with E-state index in [0.717, 1.165) is 37.0 Å². The summed E-state index contributed by atoms with van der Waals surface area (Å²) < 4.78 is 0.307. The minimum absolute atomic E-state index is 0. The van der Waals surface area contributed by atoms with Gasteiger partial charge < -0.3 is 10.2 Å². The van der Waals surface area contributed by atoms with E-state index in [1.807, 2.05) is 18.8 Å². The van der Waals surface area contributed by atoms with Crippen molar-refractivity contribution in [2.75, 3.05) is 32.4 Å². The summed E-state index contributed by atoms with van der Waals surface area (Å²) in [6.45, 7) is 11.8. The second-order valence-electron chi connectivity index (χ2n) is 6.00. The summed E-state index contributed by atoms with van der Waals surface area (Å²) in [5, 5.41) is 4.66. The molecule has 0 aliphatic carbocycles. The first-order valence-electron chi connectivity index (χ1n) is 7.44. The van der Waals surface area contributed by atoms with Gasteiger partial charge in [-0.2, -0.15) is 11.8 Å².